The summed E-state index contributed by atoms with van der Waals surface area (Å²) in [5, 5.41) is 16.1. The molecule has 0 spiro atoms. The Bertz CT molecular complexity index is 532. The number of aromatic nitrogens is 1. The zero-order chi connectivity index (χ0) is 17.0. The highest BCUT2D eigenvalue weighted by Crippen LogP contribution is 2.35. The van der Waals surface area contributed by atoms with Crippen molar-refractivity contribution in [2.24, 2.45) is 5.92 Å². The van der Waals surface area contributed by atoms with Crippen LogP contribution in [0, 0.1) is 12.8 Å². The van der Waals surface area contributed by atoms with Crippen LogP contribution in [0.1, 0.15) is 63.2 Å². The highest BCUT2D eigenvalue weighted by Gasteiger charge is 2.43. The van der Waals surface area contributed by atoms with Crippen LogP contribution in [0.5, 0.6) is 0 Å². The Morgan fingerprint density at radius 3 is 2.83 bits per heavy atom. The molecule has 2 N–H and O–H groups in total. The maximum atomic E-state index is 12.8. The van der Waals surface area contributed by atoms with E-state index in [4.69, 9.17) is 0 Å². The summed E-state index contributed by atoms with van der Waals surface area (Å²) in [5.41, 5.74) is 0.582. The van der Waals surface area contributed by atoms with Gasteiger partial charge in [0, 0.05) is 17.6 Å². The monoisotopic (exact) mass is 339 g/mol. The number of nitrogens with zero attached hydrogens (tertiary/aromatic N) is 2. The zero-order valence-electron chi connectivity index (χ0n) is 14.6. The quantitative estimate of drug-likeness (QED) is 0.834. The average Bonchev–Trinajstić information content (AvgIpc) is 3.11. The smallest absolute Gasteiger partial charge is 0.318 e. The van der Waals surface area contributed by atoms with E-state index in [1.165, 1.54) is 0 Å². The molecule has 2 amide bonds. The van der Waals surface area contributed by atoms with Gasteiger partial charge < -0.3 is 15.3 Å². The molecule has 2 heterocycles. The number of aliphatic hydroxyl groups is 1. The number of rotatable bonds is 6. The standard InChI is InChI=1S/C17H29N3O2S/c1-5-14(15-18-13(4)10-23-15)19-16(22)20-8-6-7-17(20,11-21)9-12(2)3/h10,12,14,21H,5-9,11H2,1-4H3,(H,19,22)/t14-,17+/m0/s1. The van der Waals surface area contributed by atoms with Crippen LogP contribution < -0.4 is 5.32 Å². The van der Waals surface area contributed by atoms with Gasteiger partial charge in [-0.1, -0.05) is 20.8 Å². The summed E-state index contributed by atoms with van der Waals surface area (Å²) in [6.45, 7) is 9.05. The molecule has 5 nitrogen and oxygen atoms in total. The Morgan fingerprint density at radius 2 is 2.30 bits per heavy atom. The first-order chi connectivity index (χ1) is 10.9. The predicted octanol–water partition coefficient (Wildman–Crippen LogP) is 3.49. The van der Waals surface area contributed by atoms with Crippen LogP contribution in [0.15, 0.2) is 5.38 Å². The van der Waals surface area contributed by atoms with E-state index in [2.05, 4.69) is 31.1 Å². The van der Waals surface area contributed by atoms with Crippen molar-refractivity contribution in [2.45, 2.75) is 65.0 Å². The molecule has 0 aromatic carbocycles. The van der Waals surface area contributed by atoms with Crippen molar-refractivity contribution >= 4 is 17.4 Å². The topological polar surface area (TPSA) is 65.5 Å². The molecule has 0 unspecified atom stereocenters. The summed E-state index contributed by atoms with van der Waals surface area (Å²) in [6, 6.07) is -0.130. The van der Waals surface area contributed by atoms with Gasteiger partial charge in [-0.2, -0.15) is 0 Å². The third-order valence-corrected chi connectivity index (χ3v) is 5.64. The zero-order valence-corrected chi connectivity index (χ0v) is 15.4. The second-order valence-electron chi connectivity index (χ2n) is 6.97. The number of aliphatic hydroxyl groups excluding tert-OH is 1. The van der Waals surface area contributed by atoms with E-state index in [-0.39, 0.29) is 18.7 Å². The van der Waals surface area contributed by atoms with E-state index in [0.29, 0.717) is 12.5 Å². The molecular formula is C17H29N3O2S. The summed E-state index contributed by atoms with van der Waals surface area (Å²) < 4.78 is 0. The van der Waals surface area contributed by atoms with E-state index in [9.17, 15) is 9.90 Å². The molecule has 23 heavy (non-hydrogen) atoms. The van der Waals surface area contributed by atoms with E-state index >= 15 is 0 Å². The number of amides is 2. The fraction of sp³-hybridized carbons (Fsp3) is 0.765. The lowest BCUT2D eigenvalue weighted by molar-refractivity contribution is 0.0664. The van der Waals surface area contributed by atoms with Gasteiger partial charge in [0.05, 0.1) is 18.2 Å². The molecule has 0 saturated carbocycles. The molecule has 1 fully saturated rings. The summed E-state index contributed by atoms with van der Waals surface area (Å²) in [6.07, 6.45) is 3.48. The first-order valence-corrected chi connectivity index (χ1v) is 9.41. The van der Waals surface area contributed by atoms with Gasteiger partial charge in [0.1, 0.15) is 5.01 Å². The van der Waals surface area contributed by atoms with Crippen LogP contribution in [0.3, 0.4) is 0 Å². The second-order valence-corrected chi connectivity index (χ2v) is 7.86. The number of hydrogen-bond acceptors (Lipinski definition) is 4. The predicted molar refractivity (Wildman–Crippen MR) is 93.6 cm³/mol. The van der Waals surface area contributed by atoms with Gasteiger partial charge in [0.15, 0.2) is 0 Å². The van der Waals surface area contributed by atoms with Crippen LogP contribution in [0.2, 0.25) is 0 Å². The van der Waals surface area contributed by atoms with Gasteiger partial charge in [0.2, 0.25) is 0 Å². The highest BCUT2D eigenvalue weighted by molar-refractivity contribution is 7.09. The number of urea groups is 1. The Hall–Kier alpha value is -1.14. The minimum absolute atomic E-state index is 0.0335. The summed E-state index contributed by atoms with van der Waals surface area (Å²) in [7, 11) is 0. The van der Waals surface area contributed by atoms with Crippen LogP contribution in [-0.2, 0) is 0 Å². The highest BCUT2D eigenvalue weighted by atomic mass is 32.1. The van der Waals surface area contributed by atoms with Crippen molar-refractivity contribution < 1.29 is 9.90 Å². The van der Waals surface area contributed by atoms with E-state index in [1.54, 1.807) is 11.3 Å². The SMILES string of the molecule is CC[C@H](NC(=O)N1CCC[C@]1(CO)CC(C)C)c1nc(C)cs1. The lowest BCUT2D eigenvalue weighted by Crippen LogP contribution is -2.54. The summed E-state index contributed by atoms with van der Waals surface area (Å²) in [5.74, 6) is 0.444. The molecule has 0 radical (unpaired) electrons. The number of carbonyl (C=O) groups is 1. The average molecular weight is 340 g/mol. The Balaban J connectivity index is 2.11. The summed E-state index contributed by atoms with van der Waals surface area (Å²) >= 11 is 1.59. The van der Waals surface area contributed by atoms with Gasteiger partial charge in [-0.3, -0.25) is 0 Å². The van der Waals surface area contributed by atoms with Crippen molar-refractivity contribution in [3.63, 3.8) is 0 Å². The molecule has 1 aliphatic heterocycles. The lowest BCUT2D eigenvalue weighted by atomic mass is 9.87. The second kappa shape index (κ2) is 7.62. The molecule has 1 aromatic rings. The number of nitrogens with one attached hydrogen (secondary N) is 1. The minimum Gasteiger partial charge on any atom is -0.394 e. The number of hydrogen-bond donors (Lipinski definition) is 2. The van der Waals surface area contributed by atoms with Crippen molar-refractivity contribution in [1.29, 1.82) is 0 Å². The number of likely N-dealkylation sites (tertiary alicyclic amines) is 1. The van der Waals surface area contributed by atoms with Crippen LogP contribution in [0.4, 0.5) is 4.79 Å². The molecule has 0 bridgehead atoms. The van der Waals surface area contributed by atoms with Crippen LogP contribution in [-0.4, -0.2) is 39.7 Å². The van der Waals surface area contributed by atoms with Crippen LogP contribution >= 0.6 is 11.3 Å². The lowest BCUT2D eigenvalue weighted by Gasteiger charge is -2.39. The van der Waals surface area contributed by atoms with Gasteiger partial charge in [-0.15, -0.1) is 11.3 Å². The maximum absolute atomic E-state index is 12.8. The summed E-state index contributed by atoms with van der Waals surface area (Å²) in [4.78, 5) is 19.2. The molecule has 1 aliphatic rings. The Morgan fingerprint density at radius 1 is 1.57 bits per heavy atom. The van der Waals surface area contributed by atoms with Crippen molar-refractivity contribution in [2.75, 3.05) is 13.2 Å². The van der Waals surface area contributed by atoms with Crippen molar-refractivity contribution in [3.05, 3.63) is 16.1 Å². The minimum atomic E-state index is -0.407. The molecule has 1 saturated heterocycles. The molecule has 0 aliphatic carbocycles. The van der Waals surface area contributed by atoms with Gasteiger partial charge in [-0.25, -0.2) is 9.78 Å². The third kappa shape index (κ3) is 4.04. The fourth-order valence-corrected chi connectivity index (χ4v) is 4.48. The van der Waals surface area contributed by atoms with Crippen molar-refractivity contribution in [1.82, 2.24) is 15.2 Å². The molecule has 2 atom stereocenters. The largest absolute Gasteiger partial charge is 0.394 e. The number of thiazole rings is 1. The molecule has 6 heteroatoms. The first kappa shape index (κ1) is 18.2. The molecule has 2 rings (SSSR count). The van der Waals surface area contributed by atoms with E-state index in [1.807, 2.05) is 17.2 Å². The van der Waals surface area contributed by atoms with Gasteiger partial charge in [-0.05, 0) is 38.5 Å². The number of carbonyl (C=O) groups excluding carboxylic acids is 1. The van der Waals surface area contributed by atoms with E-state index < -0.39 is 5.54 Å². The molecule has 1 aromatic heterocycles. The third-order valence-electron chi connectivity index (χ3n) is 4.56. The van der Waals surface area contributed by atoms with Crippen molar-refractivity contribution in [3.8, 4) is 0 Å². The Kier molecular flexibility index (Phi) is 6.03. The maximum Gasteiger partial charge on any atom is 0.318 e. The number of aryl methyl sites for hydroxylation is 1. The first-order valence-electron chi connectivity index (χ1n) is 8.53. The fourth-order valence-electron chi connectivity index (χ4n) is 3.55. The van der Waals surface area contributed by atoms with Gasteiger partial charge >= 0.3 is 6.03 Å². The molecule has 130 valence electrons. The molecular weight excluding hydrogens is 310 g/mol. The van der Waals surface area contributed by atoms with Crippen LogP contribution in [0.25, 0.3) is 0 Å². The van der Waals surface area contributed by atoms with Gasteiger partial charge in [0.25, 0.3) is 0 Å². The normalized spacial score (nSPS) is 22.6. The Labute approximate surface area is 143 Å². The van der Waals surface area contributed by atoms with E-state index in [0.717, 1.165) is 36.4 Å².